The summed E-state index contributed by atoms with van der Waals surface area (Å²) in [6, 6.07) is 2.85. The quantitative estimate of drug-likeness (QED) is 0.276. The molecule has 1 aromatic rings. The Kier molecular flexibility index (Phi) is 3.94. The van der Waals surface area contributed by atoms with E-state index in [0.717, 1.165) is 0 Å². The van der Waals surface area contributed by atoms with Crippen molar-refractivity contribution in [3.8, 4) is 0 Å². The van der Waals surface area contributed by atoms with Crippen LogP contribution in [0.1, 0.15) is 19.5 Å². The summed E-state index contributed by atoms with van der Waals surface area (Å²) in [5.41, 5.74) is 4.69. The number of nitro groups is 1. The van der Waals surface area contributed by atoms with Crippen LogP contribution in [0, 0.1) is 10.1 Å². The first-order valence-electron chi connectivity index (χ1n) is 6.36. The molecular weight excluding hydrogens is 278 g/mol. The van der Waals surface area contributed by atoms with E-state index in [1.165, 1.54) is 6.07 Å². The second-order valence-corrected chi connectivity index (χ2v) is 5.31. The number of ether oxygens (including phenoxy) is 1. The Morgan fingerprint density at radius 1 is 1.62 bits per heavy atom. The highest BCUT2D eigenvalue weighted by molar-refractivity contribution is 5.99. The standard InChI is InChI=1S/C12H17N5O4/c1-12(2)7-16(5-6-21-12)9-4-3-8(17(19)20)10(14-9)11(13)15-18/h3-4,18H,5-7H2,1-2H3,(H2,13,15). The highest BCUT2D eigenvalue weighted by Gasteiger charge is 2.29. The van der Waals surface area contributed by atoms with Gasteiger partial charge in [-0.1, -0.05) is 5.16 Å². The monoisotopic (exact) mass is 295 g/mol. The van der Waals surface area contributed by atoms with Gasteiger partial charge in [-0.05, 0) is 19.9 Å². The Labute approximate surface area is 121 Å². The first kappa shape index (κ1) is 15.0. The molecule has 0 unspecified atom stereocenters. The van der Waals surface area contributed by atoms with Gasteiger partial charge in [-0.15, -0.1) is 0 Å². The summed E-state index contributed by atoms with van der Waals surface area (Å²) in [5.74, 6) is 0.134. The van der Waals surface area contributed by atoms with Crippen molar-refractivity contribution in [1.82, 2.24) is 4.98 Å². The molecule has 0 amide bonds. The second-order valence-electron chi connectivity index (χ2n) is 5.31. The lowest BCUT2D eigenvalue weighted by Crippen LogP contribution is -2.48. The highest BCUT2D eigenvalue weighted by atomic mass is 16.6. The van der Waals surface area contributed by atoms with Gasteiger partial charge in [0, 0.05) is 19.2 Å². The van der Waals surface area contributed by atoms with Crippen molar-refractivity contribution < 1.29 is 14.9 Å². The molecule has 1 aliphatic heterocycles. The second kappa shape index (κ2) is 5.52. The summed E-state index contributed by atoms with van der Waals surface area (Å²) in [5, 5.41) is 22.5. The molecule has 0 spiro atoms. The predicted molar refractivity (Wildman–Crippen MR) is 75.6 cm³/mol. The number of rotatable bonds is 3. The molecule has 0 radical (unpaired) electrons. The lowest BCUT2D eigenvalue weighted by molar-refractivity contribution is -0.385. The van der Waals surface area contributed by atoms with E-state index in [2.05, 4.69) is 10.1 Å². The maximum atomic E-state index is 11.0. The zero-order valence-electron chi connectivity index (χ0n) is 11.8. The molecule has 0 saturated carbocycles. The van der Waals surface area contributed by atoms with Gasteiger partial charge >= 0.3 is 0 Å². The summed E-state index contributed by atoms with van der Waals surface area (Å²) >= 11 is 0. The largest absolute Gasteiger partial charge is 0.409 e. The van der Waals surface area contributed by atoms with E-state index in [4.69, 9.17) is 15.7 Å². The molecule has 21 heavy (non-hydrogen) atoms. The van der Waals surface area contributed by atoms with E-state index in [1.807, 2.05) is 18.7 Å². The van der Waals surface area contributed by atoms with Crippen molar-refractivity contribution >= 4 is 17.3 Å². The fourth-order valence-electron chi connectivity index (χ4n) is 2.21. The number of hydrogen-bond donors (Lipinski definition) is 2. The zero-order valence-corrected chi connectivity index (χ0v) is 11.8. The summed E-state index contributed by atoms with van der Waals surface area (Å²) in [4.78, 5) is 16.5. The van der Waals surface area contributed by atoms with Gasteiger partial charge in [0.05, 0.1) is 17.1 Å². The van der Waals surface area contributed by atoms with E-state index in [1.54, 1.807) is 6.07 Å². The van der Waals surface area contributed by atoms with Crippen LogP contribution in [0.15, 0.2) is 17.3 Å². The van der Waals surface area contributed by atoms with E-state index in [9.17, 15) is 10.1 Å². The smallest absolute Gasteiger partial charge is 0.298 e. The Morgan fingerprint density at radius 3 is 2.90 bits per heavy atom. The molecule has 0 atom stereocenters. The topological polar surface area (TPSA) is 127 Å². The molecule has 114 valence electrons. The Balaban J connectivity index is 2.40. The number of aromatic nitrogens is 1. The Bertz CT molecular complexity index is 587. The van der Waals surface area contributed by atoms with Crippen LogP contribution in [0.4, 0.5) is 11.5 Å². The third-order valence-corrected chi connectivity index (χ3v) is 3.16. The molecule has 1 fully saturated rings. The van der Waals surface area contributed by atoms with Crippen LogP contribution >= 0.6 is 0 Å². The molecule has 0 aromatic carbocycles. The number of nitrogens with zero attached hydrogens (tertiary/aromatic N) is 4. The number of morpholine rings is 1. The third-order valence-electron chi connectivity index (χ3n) is 3.16. The maximum Gasteiger partial charge on any atom is 0.298 e. The molecule has 0 aliphatic carbocycles. The van der Waals surface area contributed by atoms with Crippen LogP contribution in [0.25, 0.3) is 0 Å². The number of nitrogens with two attached hydrogens (primary N) is 1. The lowest BCUT2D eigenvalue weighted by Gasteiger charge is -2.38. The lowest BCUT2D eigenvalue weighted by atomic mass is 10.1. The van der Waals surface area contributed by atoms with Gasteiger partial charge in [-0.2, -0.15) is 0 Å². The maximum absolute atomic E-state index is 11.0. The fraction of sp³-hybridized carbons (Fsp3) is 0.500. The van der Waals surface area contributed by atoms with E-state index in [-0.39, 0.29) is 17.0 Å². The molecule has 1 aliphatic rings. The first-order valence-corrected chi connectivity index (χ1v) is 6.36. The molecule has 9 nitrogen and oxygen atoms in total. The van der Waals surface area contributed by atoms with Crippen LogP contribution in [0.2, 0.25) is 0 Å². The molecule has 2 rings (SSSR count). The van der Waals surface area contributed by atoms with Gasteiger partial charge in [0.25, 0.3) is 5.69 Å². The van der Waals surface area contributed by atoms with Gasteiger partial charge in [-0.3, -0.25) is 10.1 Å². The molecular formula is C12H17N5O4. The van der Waals surface area contributed by atoms with Crippen molar-refractivity contribution in [2.24, 2.45) is 10.9 Å². The highest BCUT2D eigenvalue weighted by Crippen LogP contribution is 2.25. The van der Waals surface area contributed by atoms with E-state index < -0.39 is 10.8 Å². The summed E-state index contributed by atoms with van der Waals surface area (Å²) < 4.78 is 5.61. The number of pyridine rings is 1. The molecule has 3 N–H and O–H groups in total. The minimum atomic E-state index is -0.618. The third kappa shape index (κ3) is 3.19. The molecule has 2 heterocycles. The van der Waals surface area contributed by atoms with Crippen molar-refractivity contribution in [2.75, 3.05) is 24.6 Å². The van der Waals surface area contributed by atoms with Crippen LogP contribution in [-0.4, -0.2) is 46.2 Å². The van der Waals surface area contributed by atoms with Gasteiger partial charge in [0.15, 0.2) is 11.5 Å². The molecule has 0 bridgehead atoms. The van der Waals surface area contributed by atoms with E-state index in [0.29, 0.717) is 25.5 Å². The van der Waals surface area contributed by atoms with Crippen LogP contribution in [-0.2, 0) is 4.74 Å². The number of hydrogen-bond acceptors (Lipinski definition) is 7. The van der Waals surface area contributed by atoms with Gasteiger partial charge in [-0.25, -0.2) is 4.98 Å². The predicted octanol–water partition coefficient (Wildman–Crippen LogP) is 0.700. The minimum Gasteiger partial charge on any atom is -0.409 e. The van der Waals surface area contributed by atoms with Crippen LogP contribution in [0.3, 0.4) is 0 Å². The number of amidine groups is 1. The Morgan fingerprint density at radius 2 is 2.33 bits per heavy atom. The van der Waals surface area contributed by atoms with Crippen LogP contribution in [0.5, 0.6) is 0 Å². The van der Waals surface area contributed by atoms with Gasteiger partial charge in [0.2, 0.25) is 0 Å². The van der Waals surface area contributed by atoms with Crippen molar-refractivity contribution in [3.05, 3.63) is 27.9 Å². The molecule has 1 saturated heterocycles. The Hall–Kier alpha value is -2.42. The summed E-state index contributed by atoms with van der Waals surface area (Å²) in [6.07, 6.45) is 0. The molecule has 1 aromatic heterocycles. The minimum absolute atomic E-state index is 0.149. The normalized spacial score (nSPS) is 18.6. The first-order chi connectivity index (χ1) is 9.84. The number of anilines is 1. The average Bonchev–Trinajstić information content (AvgIpc) is 2.44. The van der Waals surface area contributed by atoms with Crippen LogP contribution < -0.4 is 10.6 Å². The van der Waals surface area contributed by atoms with Gasteiger partial charge < -0.3 is 20.6 Å². The van der Waals surface area contributed by atoms with E-state index >= 15 is 0 Å². The fourth-order valence-corrected chi connectivity index (χ4v) is 2.21. The summed E-state index contributed by atoms with van der Waals surface area (Å²) in [7, 11) is 0. The average molecular weight is 295 g/mol. The van der Waals surface area contributed by atoms with Crippen molar-refractivity contribution in [2.45, 2.75) is 19.4 Å². The number of oxime groups is 1. The van der Waals surface area contributed by atoms with Crippen molar-refractivity contribution in [3.63, 3.8) is 0 Å². The molecule has 9 heteroatoms. The van der Waals surface area contributed by atoms with Gasteiger partial charge in [0.1, 0.15) is 5.82 Å². The van der Waals surface area contributed by atoms with Crippen molar-refractivity contribution in [1.29, 1.82) is 0 Å². The summed E-state index contributed by atoms with van der Waals surface area (Å²) in [6.45, 7) is 5.64. The SMILES string of the molecule is CC1(C)CN(c2ccc([N+](=O)[O-])c(/C(N)=N/O)n2)CCO1. The zero-order chi connectivity index (χ0) is 15.6.